The van der Waals surface area contributed by atoms with E-state index < -0.39 is 9.84 Å². The summed E-state index contributed by atoms with van der Waals surface area (Å²) in [6.45, 7) is 2.98. The van der Waals surface area contributed by atoms with Crippen molar-refractivity contribution in [3.8, 4) is 11.4 Å². The third-order valence-corrected chi connectivity index (χ3v) is 9.39. The fourth-order valence-corrected chi connectivity index (χ4v) is 6.76. The molecule has 3 aromatic heterocycles. The van der Waals surface area contributed by atoms with Crippen molar-refractivity contribution in [3.05, 3.63) is 53.0 Å². The maximum Gasteiger partial charge on any atom is 0.191 e. The van der Waals surface area contributed by atoms with Crippen molar-refractivity contribution in [2.75, 3.05) is 31.6 Å². The monoisotopic (exact) mass is 513 g/mol. The van der Waals surface area contributed by atoms with Gasteiger partial charge in [0.2, 0.25) is 0 Å². The van der Waals surface area contributed by atoms with Gasteiger partial charge in [-0.15, -0.1) is 21.5 Å². The quantitative estimate of drug-likeness (QED) is 0.272. The fourth-order valence-electron chi connectivity index (χ4n) is 4.37. The second-order valence-electron chi connectivity index (χ2n) is 8.62. The highest BCUT2D eigenvalue weighted by atomic mass is 32.2. The summed E-state index contributed by atoms with van der Waals surface area (Å²) in [6.07, 6.45) is 6.00. The Balaban J connectivity index is 1.15. The number of thioether (sulfide) groups is 1. The average Bonchev–Trinajstić information content (AvgIpc) is 3.33. The normalized spacial score (nSPS) is 14.9. The maximum atomic E-state index is 11.9. The summed E-state index contributed by atoms with van der Waals surface area (Å²) in [5, 5.41) is 13.0. The number of hydrogen-bond donors (Lipinski definition) is 0. The van der Waals surface area contributed by atoms with Gasteiger partial charge in [0.15, 0.2) is 20.8 Å². The van der Waals surface area contributed by atoms with Gasteiger partial charge in [0.05, 0.1) is 4.90 Å². The molecule has 1 aliphatic rings. The lowest BCUT2D eigenvalue weighted by Gasteiger charge is -2.19. The van der Waals surface area contributed by atoms with Crippen LogP contribution in [0.1, 0.15) is 17.5 Å². The smallest absolute Gasteiger partial charge is 0.191 e. The van der Waals surface area contributed by atoms with E-state index in [1.54, 1.807) is 29.2 Å². The van der Waals surface area contributed by atoms with Crippen molar-refractivity contribution in [1.29, 1.82) is 0 Å². The second kappa shape index (κ2) is 9.77. The largest absolute Gasteiger partial charge is 0.305 e. The summed E-state index contributed by atoms with van der Waals surface area (Å²) in [6, 6.07) is 9.63. The zero-order chi connectivity index (χ0) is 23.7. The van der Waals surface area contributed by atoms with Crippen molar-refractivity contribution in [2.45, 2.75) is 29.3 Å². The van der Waals surface area contributed by atoms with Crippen LogP contribution in [0.5, 0.6) is 0 Å². The molecule has 0 bridgehead atoms. The highest BCUT2D eigenvalue weighted by Crippen LogP contribution is 2.32. The molecule has 0 atom stereocenters. The molecule has 0 aliphatic carbocycles. The molecule has 5 rings (SSSR count). The van der Waals surface area contributed by atoms with Crippen molar-refractivity contribution >= 4 is 43.2 Å². The molecule has 0 radical (unpaired) electrons. The topological polar surface area (TPSA) is 81.0 Å². The van der Waals surface area contributed by atoms with Crippen LogP contribution in [0.15, 0.2) is 52.0 Å². The molecule has 0 unspecified atom stereocenters. The van der Waals surface area contributed by atoms with Crippen LogP contribution < -0.4 is 0 Å². The van der Waals surface area contributed by atoms with Gasteiger partial charge in [-0.2, -0.15) is 0 Å². The Kier molecular flexibility index (Phi) is 6.74. The van der Waals surface area contributed by atoms with E-state index in [4.69, 9.17) is 0 Å². The highest BCUT2D eigenvalue weighted by Gasteiger charge is 2.18. The number of thiophene rings is 1. The molecule has 0 N–H and O–H groups in total. The number of nitrogens with zero attached hydrogens (tertiary/aromatic N) is 5. The van der Waals surface area contributed by atoms with E-state index in [9.17, 15) is 8.42 Å². The van der Waals surface area contributed by atoms with E-state index in [1.807, 2.05) is 31.4 Å². The zero-order valence-electron chi connectivity index (χ0n) is 19.3. The van der Waals surface area contributed by atoms with E-state index in [2.05, 4.69) is 36.1 Å². The molecule has 7 nitrogen and oxygen atoms in total. The van der Waals surface area contributed by atoms with E-state index >= 15 is 0 Å². The Morgan fingerprint density at radius 3 is 2.76 bits per heavy atom. The van der Waals surface area contributed by atoms with Crippen LogP contribution in [0.25, 0.3) is 21.6 Å². The zero-order valence-corrected chi connectivity index (χ0v) is 21.7. The van der Waals surface area contributed by atoms with Crippen LogP contribution in [-0.4, -0.2) is 64.7 Å². The number of fused-ring (bicyclic) bond motifs is 2. The number of aromatic nitrogens is 4. The first-order valence-electron chi connectivity index (χ1n) is 11.3. The fraction of sp³-hybridized carbons (Fsp3) is 0.375. The van der Waals surface area contributed by atoms with E-state index in [0.29, 0.717) is 4.90 Å². The molecule has 0 amide bonds. The van der Waals surface area contributed by atoms with Crippen LogP contribution in [-0.2, 0) is 29.7 Å². The lowest BCUT2D eigenvalue weighted by Crippen LogP contribution is -2.27. The summed E-state index contributed by atoms with van der Waals surface area (Å²) in [7, 11) is -1.14. The predicted molar refractivity (Wildman–Crippen MR) is 138 cm³/mol. The SMILES string of the molecule is Cn1c(SCCCN2CCc3ccc(S(C)(=O)=O)cc3CC2)nnc1-c1csc2ncccc12. The number of hydrogen-bond acceptors (Lipinski definition) is 8. The summed E-state index contributed by atoms with van der Waals surface area (Å²) in [5.41, 5.74) is 3.52. The van der Waals surface area contributed by atoms with E-state index in [-0.39, 0.29) is 0 Å². The van der Waals surface area contributed by atoms with Crippen molar-refractivity contribution in [2.24, 2.45) is 7.05 Å². The minimum absolute atomic E-state index is 0.422. The van der Waals surface area contributed by atoms with Gasteiger partial charge in [-0.3, -0.25) is 0 Å². The van der Waals surface area contributed by atoms with E-state index in [0.717, 1.165) is 71.4 Å². The third-order valence-electron chi connectivity index (χ3n) is 6.28. The lowest BCUT2D eigenvalue weighted by atomic mass is 10.0. The molecule has 1 aliphatic heterocycles. The molecule has 4 aromatic rings. The van der Waals surface area contributed by atoms with Crippen LogP contribution >= 0.6 is 23.1 Å². The molecule has 0 saturated heterocycles. The molecular formula is C24H27N5O2S3. The molecule has 0 saturated carbocycles. The number of sulfone groups is 1. The molecule has 4 heterocycles. The van der Waals surface area contributed by atoms with E-state index in [1.165, 1.54) is 17.4 Å². The third kappa shape index (κ3) is 4.91. The highest BCUT2D eigenvalue weighted by molar-refractivity contribution is 7.99. The summed E-state index contributed by atoms with van der Waals surface area (Å²) < 4.78 is 25.8. The van der Waals surface area contributed by atoms with Gasteiger partial charge in [-0.25, -0.2) is 13.4 Å². The predicted octanol–water partition coefficient (Wildman–Crippen LogP) is 4.08. The lowest BCUT2D eigenvalue weighted by molar-refractivity contribution is 0.289. The number of benzene rings is 1. The summed E-state index contributed by atoms with van der Waals surface area (Å²) in [5.74, 6) is 1.85. The second-order valence-corrected chi connectivity index (χ2v) is 12.6. The Bertz CT molecular complexity index is 1430. The van der Waals surface area contributed by atoms with Gasteiger partial charge in [-0.1, -0.05) is 17.8 Å². The first-order valence-corrected chi connectivity index (χ1v) is 15.0. The molecule has 0 fully saturated rings. The van der Waals surface area contributed by atoms with Crippen molar-refractivity contribution in [3.63, 3.8) is 0 Å². The average molecular weight is 514 g/mol. The Morgan fingerprint density at radius 2 is 1.94 bits per heavy atom. The molecular weight excluding hydrogens is 486 g/mol. The first-order chi connectivity index (χ1) is 16.4. The molecule has 1 aromatic carbocycles. The number of rotatable bonds is 7. The van der Waals surface area contributed by atoms with Gasteiger partial charge >= 0.3 is 0 Å². The van der Waals surface area contributed by atoms with Gasteiger partial charge in [-0.05, 0) is 61.2 Å². The van der Waals surface area contributed by atoms with Gasteiger partial charge in [0, 0.05) is 54.7 Å². The van der Waals surface area contributed by atoms with Crippen LogP contribution in [0.4, 0.5) is 0 Å². The minimum atomic E-state index is -3.16. The van der Waals surface area contributed by atoms with Crippen molar-refractivity contribution in [1.82, 2.24) is 24.6 Å². The molecule has 34 heavy (non-hydrogen) atoms. The first kappa shape index (κ1) is 23.5. The summed E-state index contributed by atoms with van der Waals surface area (Å²) in [4.78, 5) is 8.35. The van der Waals surface area contributed by atoms with Gasteiger partial charge in [0.1, 0.15) is 4.83 Å². The number of pyridine rings is 1. The van der Waals surface area contributed by atoms with Crippen LogP contribution in [0.3, 0.4) is 0 Å². The van der Waals surface area contributed by atoms with Gasteiger partial charge in [0.25, 0.3) is 0 Å². The van der Waals surface area contributed by atoms with Crippen LogP contribution in [0, 0.1) is 0 Å². The maximum absolute atomic E-state index is 11.9. The Hall–Kier alpha value is -2.27. The van der Waals surface area contributed by atoms with Crippen LogP contribution in [0.2, 0.25) is 0 Å². The molecule has 10 heteroatoms. The Labute approximate surface area is 208 Å². The van der Waals surface area contributed by atoms with Gasteiger partial charge < -0.3 is 9.47 Å². The standard InChI is InChI=1S/C24H27N5O2S3/c1-28-22(21-16-33-23-20(21)5-3-10-25-23)26-27-24(28)32-14-4-11-29-12-8-17-6-7-19(34(2,30)31)15-18(17)9-13-29/h3,5-7,10,15-16H,4,8-9,11-14H2,1-2H3. The van der Waals surface area contributed by atoms with Crippen molar-refractivity contribution < 1.29 is 8.42 Å². The Morgan fingerprint density at radius 1 is 1.12 bits per heavy atom. The summed E-state index contributed by atoms with van der Waals surface area (Å²) >= 11 is 3.37. The minimum Gasteiger partial charge on any atom is -0.305 e. The molecule has 0 spiro atoms. The molecule has 178 valence electrons.